The molecular formula is C6H11BrO3. The summed E-state index contributed by atoms with van der Waals surface area (Å²) in [6, 6.07) is 0. The maximum Gasteiger partial charge on any atom is 0.145 e. The second kappa shape index (κ2) is 9.07. The summed E-state index contributed by atoms with van der Waals surface area (Å²) in [5.74, 6) is 0. The van der Waals surface area contributed by atoms with Crippen LogP contribution in [0.4, 0.5) is 0 Å². The van der Waals surface area contributed by atoms with Crippen LogP contribution in [-0.4, -0.2) is 38.0 Å². The third-order valence-electron chi connectivity index (χ3n) is 0.779. The molecule has 4 heteroatoms. The van der Waals surface area contributed by atoms with Crippen molar-refractivity contribution in [1.29, 1.82) is 0 Å². The number of alkyl halides is 1. The molecule has 0 amide bonds. The number of carbonyl (C=O) groups excluding carboxylic acids is 1. The highest BCUT2D eigenvalue weighted by Crippen LogP contribution is 1.81. The number of rotatable bonds is 7. The Kier molecular flexibility index (Phi) is 9.13. The lowest BCUT2D eigenvalue weighted by molar-refractivity contribution is -0.112. The SMILES string of the molecule is O=CCOCCOCCBr. The minimum absolute atomic E-state index is 0.164. The molecule has 0 atom stereocenters. The lowest BCUT2D eigenvalue weighted by atomic mass is 10.7. The van der Waals surface area contributed by atoms with Crippen LogP contribution in [0.1, 0.15) is 0 Å². The van der Waals surface area contributed by atoms with Gasteiger partial charge in [0.05, 0.1) is 19.8 Å². The molecule has 0 rings (SSSR count). The van der Waals surface area contributed by atoms with Gasteiger partial charge in [0.2, 0.25) is 0 Å². The van der Waals surface area contributed by atoms with Crippen LogP contribution in [0.2, 0.25) is 0 Å². The number of halogens is 1. The molecule has 0 N–H and O–H groups in total. The molecule has 60 valence electrons. The first-order valence-corrected chi connectivity index (χ1v) is 4.19. The highest BCUT2D eigenvalue weighted by molar-refractivity contribution is 9.09. The van der Waals surface area contributed by atoms with Crippen LogP contribution in [0.15, 0.2) is 0 Å². The Bertz CT molecular complexity index is 77.4. The summed E-state index contributed by atoms with van der Waals surface area (Å²) < 4.78 is 9.86. The van der Waals surface area contributed by atoms with Crippen molar-refractivity contribution in [3.63, 3.8) is 0 Å². The van der Waals surface area contributed by atoms with Crippen LogP contribution in [0, 0.1) is 0 Å². The Labute approximate surface area is 68.8 Å². The Balaban J connectivity index is 2.70. The molecule has 0 aliphatic heterocycles. The van der Waals surface area contributed by atoms with Crippen molar-refractivity contribution < 1.29 is 14.3 Å². The Hall–Kier alpha value is 0.0700. The van der Waals surface area contributed by atoms with E-state index in [4.69, 9.17) is 9.47 Å². The van der Waals surface area contributed by atoms with Gasteiger partial charge < -0.3 is 14.3 Å². The second-order valence-corrected chi connectivity index (χ2v) is 2.34. The first-order chi connectivity index (χ1) is 4.91. The van der Waals surface area contributed by atoms with Gasteiger partial charge in [0.15, 0.2) is 0 Å². The minimum atomic E-state index is 0.164. The average molecular weight is 211 g/mol. The number of hydrogen-bond donors (Lipinski definition) is 0. The highest BCUT2D eigenvalue weighted by Gasteiger charge is 1.86. The topological polar surface area (TPSA) is 35.5 Å². The normalized spacial score (nSPS) is 9.70. The Morgan fingerprint density at radius 3 is 2.50 bits per heavy atom. The molecule has 0 fully saturated rings. The zero-order chi connectivity index (χ0) is 7.66. The van der Waals surface area contributed by atoms with E-state index in [9.17, 15) is 4.79 Å². The van der Waals surface area contributed by atoms with Crippen LogP contribution in [0.5, 0.6) is 0 Å². The highest BCUT2D eigenvalue weighted by atomic mass is 79.9. The van der Waals surface area contributed by atoms with Gasteiger partial charge in [-0.25, -0.2) is 0 Å². The monoisotopic (exact) mass is 210 g/mol. The summed E-state index contributed by atoms with van der Waals surface area (Å²) in [6.45, 7) is 1.90. The third-order valence-corrected chi connectivity index (χ3v) is 1.10. The van der Waals surface area contributed by atoms with E-state index in [1.807, 2.05) is 0 Å². The van der Waals surface area contributed by atoms with Gasteiger partial charge in [-0.05, 0) is 0 Å². The summed E-state index contributed by atoms with van der Waals surface area (Å²) >= 11 is 3.21. The molecule has 0 radical (unpaired) electrons. The van der Waals surface area contributed by atoms with E-state index in [1.165, 1.54) is 0 Å². The summed E-state index contributed by atoms with van der Waals surface area (Å²) in [5, 5.41) is 0.834. The van der Waals surface area contributed by atoms with Crippen LogP contribution in [0.3, 0.4) is 0 Å². The molecule has 0 aromatic rings. The van der Waals surface area contributed by atoms with E-state index in [0.29, 0.717) is 19.8 Å². The fraction of sp³-hybridized carbons (Fsp3) is 0.833. The van der Waals surface area contributed by atoms with Crippen LogP contribution >= 0.6 is 15.9 Å². The van der Waals surface area contributed by atoms with Gasteiger partial charge in [-0.15, -0.1) is 0 Å². The van der Waals surface area contributed by atoms with Crippen molar-refractivity contribution in [2.75, 3.05) is 31.8 Å². The summed E-state index contributed by atoms with van der Waals surface area (Å²) in [4.78, 5) is 9.72. The van der Waals surface area contributed by atoms with Gasteiger partial charge in [-0.3, -0.25) is 0 Å². The maximum absolute atomic E-state index is 9.72. The molecule has 3 nitrogen and oxygen atoms in total. The van der Waals surface area contributed by atoms with E-state index < -0.39 is 0 Å². The molecule has 0 aromatic heterocycles. The predicted octanol–water partition coefficient (Wildman–Crippen LogP) is 0.613. The molecule has 0 aromatic carbocycles. The lowest BCUT2D eigenvalue weighted by Gasteiger charge is -2.00. The van der Waals surface area contributed by atoms with Gasteiger partial charge in [0.25, 0.3) is 0 Å². The number of ether oxygens (including phenoxy) is 2. The van der Waals surface area contributed by atoms with E-state index in [-0.39, 0.29) is 6.61 Å². The Morgan fingerprint density at radius 1 is 1.20 bits per heavy atom. The molecule has 0 saturated heterocycles. The van der Waals surface area contributed by atoms with Crippen molar-refractivity contribution in [2.45, 2.75) is 0 Å². The van der Waals surface area contributed by atoms with Crippen LogP contribution < -0.4 is 0 Å². The molecule has 0 saturated carbocycles. The number of carbonyl (C=O) groups is 1. The molecule has 0 spiro atoms. The standard InChI is InChI=1S/C6H11BrO3/c7-1-3-9-5-6-10-4-2-8/h2H,1,3-6H2. The second-order valence-electron chi connectivity index (χ2n) is 1.54. The first kappa shape index (κ1) is 10.1. The number of aldehydes is 1. The predicted molar refractivity (Wildman–Crippen MR) is 41.5 cm³/mol. The van der Waals surface area contributed by atoms with Crippen molar-refractivity contribution >= 4 is 22.2 Å². The maximum atomic E-state index is 9.72. The molecule has 0 aliphatic rings. The van der Waals surface area contributed by atoms with Crippen molar-refractivity contribution in [2.24, 2.45) is 0 Å². The summed E-state index contributed by atoms with van der Waals surface area (Å²) in [5.41, 5.74) is 0. The zero-order valence-corrected chi connectivity index (χ0v) is 7.30. The van der Waals surface area contributed by atoms with Gasteiger partial charge in [0, 0.05) is 5.33 Å². The fourth-order valence-electron chi connectivity index (χ4n) is 0.406. The largest absolute Gasteiger partial charge is 0.378 e. The van der Waals surface area contributed by atoms with Crippen molar-refractivity contribution in [3.05, 3.63) is 0 Å². The number of hydrogen-bond acceptors (Lipinski definition) is 3. The van der Waals surface area contributed by atoms with Crippen LogP contribution in [0.25, 0.3) is 0 Å². The third kappa shape index (κ3) is 8.07. The smallest absolute Gasteiger partial charge is 0.145 e. The first-order valence-electron chi connectivity index (χ1n) is 3.07. The molecular weight excluding hydrogens is 200 g/mol. The zero-order valence-electron chi connectivity index (χ0n) is 5.72. The van der Waals surface area contributed by atoms with Gasteiger partial charge in [-0.1, -0.05) is 15.9 Å². The minimum Gasteiger partial charge on any atom is -0.378 e. The van der Waals surface area contributed by atoms with E-state index in [2.05, 4.69) is 15.9 Å². The molecule has 0 unspecified atom stereocenters. The fourth-order valence-corrected chi connectivity index (χ4v) is 0.635. The van der Waals surface area contributed by atoms with Gasteiger partial charge in [0.1, 0.15) is 12.9 Å². The van der Waals surface area contributed by atoms with E-state index >= 15 is 0 Å². The van der Waals surface area contributed by atoms with Gasteiger partial charge in [-0.2, -0.15) is 0 Å². The average Bonchev–Trinajstić information content (AvgIpc) is 1.97. The summed E-state index contributed by atoms with van der Waals surface area (Å²) in [6.07, 6.45) is 0.727. The van der Waals surface area contributed by atoms with Crippen molar-refractivity contribution in [1.82, 2.24) is 0 Å². The molecule has 10 heavy (non-hydrogen) atoms. The molecule has 0 bridgehead atoms. The van der Waals surface area contributed by atoms with E-state index in [1.54, 1.807) is 0 Å². The molecule has 0 heterocycles. The lowest BCUT2D eigenvalue weighted by Crippen LogP contribution is -2.06. The van der Waals surface area contributed by atoms with Gasteiger partial charge >= 0.3 is 0 Å². The van der Waals surface area contributed by atoms with E-state index in [0.717, 1.165) is 11.6 Å². The quantitative estimate of drug-likeness (QED) is 0.351. The van der Waals surface area contributed by atoms with Crippen LogP contribution in [-0.2, 0) is 14.3 Å². The van der Waals surface area contributed by atoms with Crippen molar-refractivity contribution in [3.8, 4) is 0 Å². The summed E-state index contributed by atoms with van der Waals surface area (Å²) in [7, 11) is 0. The molecule has 0 aliphatic carbocycles. The Morgan fingerprint density at radius 2 is 1.90 bits per heavy atom.